The van der Waals surface area contributed by atoms with Crippen LogP contribution in [0.1, 0.15) is 16.8 Å². The van der Waals surface area contributed by atoms with Crippen LogP contribution in [0.4, 0.5) is 0 Å². The first-order valence-corrected chi connectivity index (χ1v) is 10.4. The monoisotopic (exact) mass is 479 g/mol. The van der Waals surface area contributed by atoms with Gasteiger partial charge >= 0.3 is 0 Å². The lowest BCUT2D eigenvalue weighted by Gasteiger charge is -2.12. The Morgan fingerprint density at radius 3 is 2.45 bits per heavy atom. The second kappa shape index (κ2) is 9.22. The van der Waals surface area contributed by atoms with E-state index >= 15 is 0 Å². The van der Waals surface area contributed by atoms with Gasteiger partial charge in [0.05, 0.1) is 12.1 Å². The molecule has 3 aromatic carbocycles. The van der Waals surface area contributed by atoms with Crippen molar-refractivity contribution < 1.29 is 9.84 Å². The molecule has 0 bridgehead atoms. The van der Waals surface area contributed by atoms with Gasteiger partial charge in [-0.2, -0.15) is 0 Å². The molecule has 4 aromatic rings. The largest absolute Gasteiger partial charge is 0.457 e. The first kappa shape index (κ1) is 20.9. The number of halogens is 1. The lowest BCUT2D eigenvalue weighted by Crippen LogP contribution is -2.22. The summed E-state index contributed by atoms with van der Waals surface area (Å²) in [4.78, 5) is 0. The number of nitrogens with two attached hydrogens (primary N) is 2. The number of hydrazine groups is 1. The molecule has 4 rings (SSSR count). The summed E-state index contributed by atoms with van der Waals surface area (Å²) < 4.78 is 9.01. The van der Waals surface area contributed by atoms with Crippen molar-refractivity contribution in [3.63, 3.8) is 0 Å². The molecule has 0 unspecified atom stereocenters. The number of aromatic nitrogens is 1. The maximum Gasteiger partial charge on any atom is 0.152 e. The van der Waals surface area contributed by atoms with Crippen molar-refractivity contribution in [2.75, 3.05) is 0 Å². The Labute approximate surface area is 188 Å². The lowest BCUT2D eigenvalue weighted by molar-refractivity contribution is 0.272. The lowest BCUT2D eigenvalue weighted by atomic mass is 10.1. The van der Waals surface area contributed by atoms with E-state index in [1.165, 1.54) is 0 Å². The van der Waals surface area contributed by atoms with Gasteiger partial charge in [0.2, 0.25) is 0 Å². The Balaban J connectivity index is 1.70. The van der Waals surface area contributed by atoms with Gasteiger partial charge in [-0.1, -0.05) is 42.5 Å². The summed E-state index contributed by atoms with van der Waals surface area (Å²) in [6, 6.07) is 23.2. The highest BCUT2D eigenvalue weighted by Gasteiger charge is 2.14. The van der Waals surface area contributed by atoms with E-state index in [1.54, 1.807) is 0 Å². The fraction of sp³-hybridized carbons (Fsp3) is 0.0870. The summed E-state index contributed by atoms with van der Waals surface area (Å²) in [6.07, 6.45) is 0. The van der Waals surface area contributed by atoms with Gasteiger partial charge in [0, 0.05) is 33.7 Å². The SMILES string of the molecule is NN/N=C(\N)c1ccc(Cn2c(CO)cc3c(Br)cc(Oc4ccccc4)cc32)cc1. The van der Waals surface area contributed by atoms with Crippen LogP contribution in [0.3, 0.4) is 0 Å². The smallest absolute Gasteiger partial charge is 0.152 e. The number of aliphatic hydroxyl groups is 1. The van der Waals surface area contributed by atoms with Crippen molar-refractivity contribution >= 4 is 32.7 Å². The van der Waals surface area contributed by atoms with E-state index < -0.39 is 0 Å². The topological polar surface area (TPSA) is 111 Å². The van der Waals surface area contributed by atoms with Crippen LogP contribution in [-0.2, 0) is 13.2 Å². The number of nitrogens with one attached hydrogen (secondary N) is 1. The molecule has 7 nitrogen and oxygen atoms in total. The van der Waals surface area contributed by atoms with Gasteiger partial charge in [-0.05, 0) is 45.8 Å². The number of para-hydroxylation sites is 1. The van der Waals surface area contributed by atoms with Crippen molar-refractivity contribution in [2.45, 2.75) is 13.2 Å². The Morgan fingerprint density at radius 1 is 1.03 bits per heavy atom. The molecule has 6 N–H and O–H groups in total. The summed E-state index contributed by atoms with van der Waals surface area (Å²) in [7, 11) is 0. The van der Waals surface area contributed by atoms with Gasteiger partial charge in [-0.15, -0.1) is 5.10 Å². The fourth-order valence-corrected chi connectivity index (χ4v) is 3.99. The van der Waals surface area contributed by atoms with Crippen molar-refractivity contribution in [3.8, 4) is 11.5 Å². The van der Waals surface area contributed by atoms with Gasteiger partial charge in [0.15, 0.2) is 5.84 Å². The average Bonchev–Trinajstić information content (AvgIpc) is 3.13. The molecule has 0 amide bonds. The van der Waals surface area contributed by atoms with Gasteiger partial charge in [-0.3, -0.25) is 0 Å². The highest BCUT2D eigenvalue weighted by atomic mass is 79.9. The molecule has 0 saturated carbocycles. The zero-order chi connectivity index (χ0) is 21.8. The summed E-state index contributed by atoms with van der Waals surface area (Å²) >= 11 is 3.65. The standard InChI is InChI=1S/C23H22BrN5O2/c24-21-11-19(31-18-4-2-1-3-5-18)12-22-20(21)10-17(14-30)29(22)13-15-6-8-16(9-7-15)23(25)27-28-26/h1-12,28,30H,13-14,26H2,(H2,25,27). The van der Waals surface area contributed by atoms with Crippen LogP contribution in [0.25, 0.3) is 10.9 Å². The third kappa shape index (κ3) is 4.56. The molecule has 0 radical (unpaired) electrons. The van der Waals surface area contributed by atoms with Gasteiger partial charge in [0.1, 0.15) is 11.5 Å². The van der Waals surface area contributed by atoms with Crippen LogP contribution in [0.2, 0.25) is 0 Å². The van der Waals surface area contributed by atoms with E-state index in [-0.39, 0.29) is 6.61 Å². The molecule has 0 saturated heterocycles. The molecule has 0 aliphatic rings. The molecule has 0 atom stereocenters. The van der Waals surface area contributed by atoms with E-state index in [9.17, 15) is 5.11 Å². The number of hydrogen-bond acceptors (Lipinski definition) is 5. The van der Waals surface area contributed by atoms with E-state index in [0.29, 0.717) is 18.1 Å². The highest BCUT2D eigenvalue weighted by Crippen LogP contribution is 2.34. The Hall–Kier alpha value is -3.33. The molecule has 1 aromatic heterocycles. The van der Waals surface area contributed by atoms with Crippen LogP contribution in [-0.4, -0.2) is 15.5 Å². The van der Waals surface area contributed by atoms with E-state index in [1.807, 2.05) is 72.8 Å². The van der Waals surface area contributed by atoms with E-state index in [2.05, 4.69) is 31.1 Å². The van der Waals surface area contributed by atoms with Crippen LogP contribution >= 0.6 is 15.9 Å². The molecule has 0 spiro atoms. The van der Waals surface area contributed by atoms with Gasteiger partial charge < -0.3 is 20.1 Å². The normalized spacial score (nSPS) is 11.6. The van der Waals surface area contributed by atoms with Crippen molar-refractivity contribution in [3.05, 3.63) is 94.1 Å². The summed E-state index contributed by atoms with van der Waals surface area (Å²) in [6.45, 7) is 0.503. The quantitative estimate of drug-likeness (QED) is 0.139. The van der Waals surface area contributed by atoms with Crippen molar-refractivity contribution in [1.29, 1.82) is 0 Å². The van der Waals surface area contributed by atoms with Gasteiger partial charge in [0.25, 0.3) is 0 Å². The Kier molecular flexibility index (Phi) is 6.22. The average molecular weight is 480 g/mol. The van der Waals surface area contributed by atoms with E-state index in [0.717, 1.165) is 37.9 Å². The van der Waals surface area contributed by atoms with Crippen LogP contribution < -0.4 is 21.8 Å². The summed E-state index contributed by atoms with van der Waals surface area (Å²) in [5.41, 5.74) is 11.6. The van der Waals surface area contributed by atoms with Crippen LogP contribution in [0.15, 0.2) is 82.4 Å². The molecule has 0 aliphatic heterocycles. The van der Waals surface area contributed by atoms with Crippen molar-refractivity contribution in [1.82, 2.24) is 10.1 Å². The molecular formula is C23H22BrN5O2. The second-order valence-corrected chi connectivity index (χ2v) is 7.81. The third-order valence-corrected chi connectivity index (χ3v) is 5.60. The van der Waals surface area contributed by atoms with Crippen LogP contribution in [0.5, 0.6) is 11.5 Å². The number of nitrogens with zero attached hydrogens (tertiary/aromatic N) is 2. The molecular weight excluding hydrogens is 458 g/mol. The Bertz CT molecular complexity index is 1220. The molecule has 8 heteroatoms. The molecule has 0 fully saturated rings. The van der Waals surface area contributed by atoms with Gasteiger partial charge in [-0.25, -0.2) is 11.4 Å². The maximum absolute atomic E-state index is 9.95. The molecule has 158 valence electrons. The zero-order valence-corrected chi connectivity index (χ0v) is 18.2. The first-order valence-electron chi connectivity index (χ1n) is 9.62. The fourth-order valence-electron chi connectivity index (χ4n) is 3.44. The number of amidine groups is 1. The molecule has 31 heavy (non-hydrogen) atoms. The molecule has 0 aliphatic carbocycles. The number of fused-ring (bicyclic) bond motifs is 1. The Morgan fingerprint density at radius 2 is 1.77 bits per heavy atom. The highest BCUT2D eigenvalue weighted by molar-refractivity contribution is 9.10. The number of aliphatic hydroxyl groups excluding tert-OH is 1. The molecule has 1 heterocycles. The number of rotatable bonds is 7. The summed E-state index contributed by atoms with van der Waals surface area (Å²) in [5, 5.41) is 14.7. The third-order valence-electron chi connectivity index (χ3n) is 4.95. The predicted molar refractivity (Wildman–Crippen MR) is 126 cm³/mol. The van der Waals surface area contributed by atoms with Crippen LogP contribution in [0, 0.1) is 0 Å². The summed E-state index contributed by atoms with van der Waals surface area (Å²) in [5.74, 6) is 6.97. The predicted octanol–water partition coefficient (Wildman–Crippen LogP) is 3.82. The number of ether oxygens (including phenoxy) is 1. The second-order valence-electron chi connectivity index (χ2n) is 6.96. The van der Waals surface area contributed by atoms with E-state index in [4.69, 9.17) is 16.3 Å². The number of hydrazone groups is 1. The minimum absolute atomic E-state index is 0.0736. The minimum Gasteiger partial charge on any atom is -0.457 e. The first-order chi connectivity index (χ1) is 15.1. The number of benzene rings is 3. The minimum atomic E-state index is -0.0736. The number of hydrogen-bond donors (Lipinski definition) is 4. The van der Waals surface area contributed by atoms with Crippen molar-refractivity contribution in [2.24, 2.45) is 16.7 Å². The zero-order valence-electron chi connectivity index (χ0n) is 16.6. The maximum atomic E-state index is 9.95.